The fraction of sp³-hybridized carbons (Fsp3) is 0.548. The number of rotatable bonds is 10. The van der Waals surface area contributed by atoms with E-state index in [1.54, 1.807) is 0 Å². The minimum Gasteiger partial charge on any atom is -0.471 e. The number of nitrogens with zero attached hydrogens (tertiary/aromatic N) is 3. The molecule has 1 saturated carbocycles. The van der Waals surface area contributed by atoms with Crippen molar-refractivity contribution in [1.29, 1.82) is 0 Å². The average molecular weight is 692 g/mol. The Balaban J connectivity index is 1.41. The van der Waals surface area contributed by atoms with Crippen LogP contribution >= 0.6 is 0 Å². The molecular formula is C31H33F8N5O4. The average Bonchev–Trinajstić information content (AvgIpc) is 3.66. The highest BCUT2D eigenvalue weighted by Gasteiger charge is 2.42. The number of amides is 2. The monoisotopic (exact) mass is 691 g/mol. The van der Waals surface area contributed by atoms with Crippen molar-refractivity contribution in [3.63, 3.8) is 0 Å². The predicted octanol–water partition coefficient (Wildman–Crippen LogP) is 5.87. The van der Waals surface area contributed by atoms with Crippen LogP contribution < -0.4 is 15.4 Å². The summed E-state index contributed by atoms with van der Waals surface area (Å²) in [4.78, 5) is 34.2. The number of aromatic nitrogens is 3. The molecule has 2 aromatic heterocycles. The van der Waals surface area contributed by atoms with E-state index >= 15 is 0 Å². The van der Waals surface area contributed by atoms with Gasteiger partial charge in [0, 0.05) is 32.7 Å². The molecule has 0 spiro atoms. The van der Waals surface area contributed by atoms with Gasteiger partial charge in [-0.15, -0.1) is 0 Å². The van der Waals surface area contributed by atoms with Gasteiger partial charge in [0.1, 0.15) is 23.0 Å². The van der Waals surface area contributed by atoms with Gasteiger partial charge in [0.25, 0.3) is 12.3 Å². The Hall–Kier alpha value is -4.02. The van der Waals surface area contributed by atoms with E-state index in [2.05, 4.69) is 20.6 Å². The first-order valence-corrected chi connectivity index (χ1v) is 15.3. The Morgan fingerprint density at radius 1 is 1.04 bits per heavy atom. The fourth-order valence-electron chi connectivity index (χ4n) is 5.98. The van der Waals surface area contributed by atoms with Crippen molar-refractivity contribution >= 4 is 23.0 Å². The van der Waals surface area contributed by atoms with Crippen LogP contribution in [-0.2, 0) is 35.7 Å². The van der Waals surface area contributed by atoms with Crippen LogP contribution in [0.3, 0.4) is 0 Å². The van der Waals surface area contributed by atoms with Gasteiger partial charge in [0.15, 0.2) is 12.3 Å². The van der Waals surface area contributed by atoms with E-state index in [0.29, 0.717) is 18.6 Å². The molecule has 1 unspecified atom stereocenters. The summed E-state index contributed by atoms with van der Waals surface area (Å²) >= 11 is 0. The van der Waals surface area contributed by atoms with Gasteiger partial charge in [-0.2, -0.15) is 31.3 Å². The molecule has 1 saturated heterocycles. The number of benzene rings is 1. The second kappa shape index (κ2) is 14.2. The first kappa shape index (κ1) is 35.3. The second-order valence-electron chi connectivity index (χ2n) is 11.9. The zero-order chi connectivity index (χ0) is 34.8. The number of ether oxygens (including phenoxy) is 2. The van der Waals surface area contributed by atoms with Gasteiger partial charge in [0.05, 0.1) is 11.5 Å². The number of aryl methyl sites for hydroxylation is 1. The highest BCUT2D eigenvalue weighted by Crippen LogP contribution is 2.38. The first-order valence-electron chi connectivity index (χ1n) is 15.3. The molecule has 262 valence electrons. The third-order valence-corrected chi connectivity index (χ3v) is 8.53. The Morgan fingerprint density at radius 2 is 1.77 bits per heavy atom. The number of carbonyl (C=O) groups is 2. The van der Waals surface area contributed by atoms with Crippen LogP contribution in [0.15, 0.2) is 24.3 Å². The van der Waals surface area contributed by atoms with Crippen molar-refractivity contribution in [3.05, 3.63) is 52.3 Å². The number of imidazole rings is 1. The van der Waals surface area contributed by atoms with Gasteiger partial charge < -0.3 is 24.7 Å². The lowest BCUT2D eigenvalue weighted by Crippen LogP contribution is -2.40. The summed E-state index contributed by atoms with van der Waals surface area (Å²) in [6.45, 7) is -0.714. The SMILES string of the molecule is Cn1c(Cc2cc(CNC(=O)C3CCCO3)ccc2C(F)(F)F)nc2cc(C(=O)NC3CCC(C(F)(F)F)CC3)c(OCC(F)F)nc21. The zero-order valence-electron chi connectivity index (χ0n) is 25.7. The Labute approximate surface area is 269 Å². The van der Waals surface area contributed by atoms with E-state index in [1.165, 1.54) is 29.8 Å². The molecule has 0 bridgehead atoms. The number of halogens is 8. The quantitative estimate of drug-likeness (QED) is 0.258. The normalized spacial score (nSPS) is 20.3. The van der Waals surface area contributed by atoms with Gasteiger partial charge in [-0.05, 0) is 61.8 Å². The van der Waals surface area contributed by atoms with Crippen LogP contribution in [-0.4, -0.2) is 64.3 Å². The van der Waals surface area contributed by atoms with Crippen molar-refractivity contribution < 1.29 is 54.2 Å². The molecule has 2 aliphatic rings. The lowest BCUT2D eigenvalue weighted by molar-refractivity contribution is -0.182. The van der Waals surface area contributed by atoms with Crippen LogP contribution in [0.2, 0.25) is 0 Å². The van der Waals surface area contributed by atoms with Gasteiger partial charge in [-0.3, -0.25) is 9.59 Å². The van der Waals surface area contributed by atoms with E-state index in [1.807, 2.05) is 0 Å². The first-order chi connectivity index (χ1) is 22.6. The largest absolute Gasteiger partial charge is 0.471 e. The van der Waals surface area contributed by atoms with E-state index in [9.17, 15) is 44.7 Å². The summed E-state index contributed by atoms with van der Waals surface area (Å²) in [5, 5.41) is 5.29. The molecule has 1 atom stereocenters. The maximum absolute atomic E-state index is 14.0. The number of alkyl halides is 8. The maximum atomic E-state index is 14.0. The van der Waals surface area contributed by atoms with Crippen molar-refractivity contribution in [3.8, 4) is 5.88 Å². The molecule has 0 radical (unpaired) electrons. The molecule has 3 heterocycles. The lowest BCUT2D eigenvalue weighted by Gasteiger charge is -2.30. The van der Waals surface area contributed by atoms with Crippen LogP contribution in [0.5, 0.6) is 5.88 Å². The third kappa shape index (κ3) is 8.33. The minimum absolute atomic E-state index is 0.0324. The molecule has 5 rings (SSSR count). The van der Waals surface area contributed by atoms with Gasteiger partial charge in [0.2, 0.25) is 11.8 Å². The van der Waals surface area contributed by atoms with Gasteiger partial charge in [-0.1, -0.05) is 12.1 Å². The molecular weight excluding hydrogens is 658 g/mol. The zero-order valence-corrected chi connectivity index (χ0v) is 25.7. The van der Waals surface area contributed by atoms with Gasteiger partial charge in [-0.25, -0.2) is 13.8 Å². The van der Waals surface area contributed by atoms with E-state index in [-0.39, 0.29) is 72.7 Å². The molecule has 1 aromatic carbocycles. The third-order valence-electron chi connectivity index (χ3n) is 8.53. The number of hydrogen-bond acceptors (Lipinski definition) is 6. The molecule has 1 aliphatic carbocycles. The van der Waals surface area contributed by atoms with Crippen molar-refractivity contribution in [2.24, 2.45) is 13.0 Å². The van der Waals surface area contributed by atoms with Crippen LogP contribution in [0.25, 0.3) is 11.2 Å². The summed E-state index contributed by atoms with van der Waals surface area (Å²) in [5.74, 6) is -3.07. The molecule has 2 fully saturated rings. The number of nitrogens with one attached hydrogen (secondary N) is 2. The van der Waals surface area contributed by atoms with E-state index in [0.717, 1.165) is 12.5 Å². The molecule has 2 N–H and O–H groups in total. The maximum Gasteiger partial charge on any atom is 0.416 e. The number of carbonyl (C=O) groups excluding carboxylic acids is 2. The Bertz CT molecular complexity index is 1630. The van der Waals surface area contributed by atoms with Gasteiger partial charge >= 0.3 is 12.4 Å². The molecule has 17 heteroatoms. The highest BCUT2D eigenvalue weighted by atomic mass is 19.4. The minimum atomic E-state index is -4.72. The van der Waals surface area contributed by atoms with Crippen molar-refractivity contribution in [2.45, 2.75) is 82.4 Å². The van der Waals surface area contributed by atoms with Crippen molar-refractivity contribution in [2.75, 3.05) is 13.2 Å². The molecule has 1 aliphatic heterocycles. The second-order valence-corrected chi connectivity index (χ2v) is 11.9. The number of fused-ring (bicyclic) bond motifs is 1. The lowest BCUT2D eigenvalue weighted by atomic mass is 9.85. The fourth-order valence-corrected chi connectivity index (χ4v) is 5.98. The standard InChI is InChI=1S/C31H33F8N5O4/c1-44-25(12-17-11-16(4-9-21(17)31(37,38)39)14-40-28(46)23-3-2-10-47-23)42-22-13-20(29(43-26(22)44)48-15-24(32)33)27(45)41-19-7-5-18(6-8-19)30(34,35)36/h4,9,11,13,18-19,23-24H,2-3,5-8,10,12,14-15H2,1H3,(H,40,46)(H,41,45). The molecule has 48 heavy (non-hydrogen) atoms. The summed E-state index contributed by atoms with van der Waals surface area (Å²) in [7, 11) is 1.45. The topological polar surface area (TPSA) is 107 Å². The van der Waals surface area contributed by atoms with E-state index in [4.69, 9.17) is 9.47 Å². The Morgan fingerprint density at radius 3 is 2.40 bits per heavy atom. The van der Waals surface area contributed by atoms with Crippen LogP contribution in [0, 0.1) is 5.92 Å². The van der Waals surface area contributed by atoms with E-state index < -0.39 is 60.8 Å². The molecule has 3 aromatic rings. The summed E-state index contributed by atoms with van der Waals surface area (Å²) in [6, 6.07) is 4.05. The number of hydrogen-bond donors (Lipinski definition) is 2. The summed E-state index contributed by atoms with van der Waals surface area (Å²) < 4.78 is 119. The summed E-state index contributed by atoms with van der Waals surface area (Å²) in [6.07, 6.45) is -12.0. The smallest absolute Gasteiger partial charge is 0.416 e. The predicted molar refractivity (Wildman–Crippen MR) is 154 cm³/mol. The van der Waals surface area contributed by atoms with Crippen molar-refractivity contribution in [1.82, 2.24) is 25.2 Å². The summed E-state index contributed by atoms with van der Waals surface area (Å²) in [5.41, 5.74) is -0.913. The van der Waals surface area contributed by atoms with Crippen LogP contribution in [0.1, 0.15) is 71.4 Å². The molecule has 2 amide bonds. The highest BCUT2D eigenvalue weighted by molar-refractivity contribution is 5.99. The number of pyridine rings is 1. The molecule has 9 nitrogen and oxygen atoms in total. The Kier molecular flexibility index (Phi) is 10.5. The van der Waals surface area contributed by atoms with Crippen LogP contribution in [0.4, 0.5) is 35.1 Å².